The minimum atomic E-state index is -1.56. The molecule has 2 aromatic rings. The van der Waals surface area contributed by atoms with Gasteiger partial charge in [-0.25, -0.2) is 9.59 Å². The molecule has 1 aromatic heterocycles. The Bertz CT molecular complexity index is 990. The molecule has 0 bridgehead atoms. The lowest BCUT2D eigenvalue weighted by Gasteiger charge is -2.15. The van der Waals surface area contributed by atoms with Crippen molar-refractivity contribution in [1.82, 2.24) is 4.98 Å². The number of anilines is 1. The van der Waals surface area contributed by atoms with Gasteiger partial charge in [-0.2, -0.15) is 0 Å². The second-order valence-electron chi connectivity index (χ2n) is 5.52. The smallest absolute Gasteiger partial charge is 0.342 e. The van der Waals surface area contributed by atoms with Gasteiger partial charge < -0.3 is 25.7 Å². The van der Waals surface area contributed by atoms with E-state index in [1.807, 2.05) is 0 Å². The van der Waals surface area contributed by atoms with Gasteiger partial charge in [0.1, 0.15) is 29.3 Å². The Morgan fingerprint density at radius 2 is 1.81 bits per heavy atom. The van der Waals surface area contributed by atoms with Crippen molar-refractivity contribution in [1.29, 1.82) is 0 Å². The van der Waals surface area contributed by atoms with E-state index in [9.17, 15) is 24.6 Å². The van der Waals surface area contributed by atoms with Gasteiger partial charge in [-0.05, 0) is 29.7 Å². The monoisotopic (exact) mass is 370 g/mol. The van der Waals surface area contributed by atoms with Gasteiger partial charge in [0, 0.05) is 5.56 Å². The molecular formula is C19H18N2O6. The number of hydrogen-bond donors (Lipinski definition) is 4. The maximum Gasteiger partial charge on any atom is 0.342 e. The SMILES string of the molecule is C=CCOc1ccc(-c2c(C(=O)O)c(N)[nH]c(=O)c2C(=O)O)cc1CC=C. The fourth-order valence-corrected chi connectivity index (χ4v) is 2.67. The molecule has 0 saturated heterocycles. The zero-order chi connectivity index (χ0) is 20.1. The number of H-pyrrole nitrogens is 1. The van der Waals surface area contributed by atoms with Gasteiger partial charge in [0.15, 0.2) is 0 Å². The summed E-state index contributed by atoms with van der Waals surface area (Å²) in [6.07, 6.45) is 3.56. The number of benzene rings is 1. The zero-order valence-electron chi connectivity index (χ0n) is 14.3. The summed E-state index contributed by atoms with van der Waals surface area (Å²) in [6, 6.07) is 4.58. The van der Waals surface area contributed by atoms with E-state index in [2.05, 4.69) is 18.1 Å². The molecule has 140 valence electrons. The van der Waals surface area contributed by atoms with Crippen LogP contribution < -0.4 is 16.0 Å². The van der Waals surface area contributed by atoms with E-state index in [0.29, 0.717) is 17.7 Å². The van der Waals surface area contributed by atoms with Crippen molar-refractivity contribution in [2.24, 2.45) is 0 Å². The fraction of sp³-hybridized carbons (Fsp3) is 0.105. The first-order valence-corrected chi connectivity index (χ1v) is 7.82. The third-order valence-electron chi connectivity index (χ3n) is 3.74. The number of hydrogen-bond acceptors (Lipinski definition) is 5. The van der Waals surface area contributed by atoms with Crippen molar-refractivity contribution < 1.29 is 24.5 Å². The minimum absolute atomic E-state index is 0.213. The summed E-state index contributed by atoms with van der Waals surface area (Å²) in [5.41, 5.74) is 4.04. The van der Waals surface area contributed by atoms with Crippen LogP contribution in [0.1, 0.15) is 26.3 Å². The summed E-state index contributed by atoms with van der Waals surface area (Å²) in [4.78, 5) is 37.5. The van der Waals surface area contributed by atoms with Crippen LogP contribution in [0, 0.1) is 0 Å². The van der Waals surface area contributed by atoms with Gasteiger partial charge in [-0.15, -0.1) is 6.58 Å². The third-order valence-corrected chi connectivity index (χ3v) is 3.74. The molecule has 1 aromatic carbocycles. The lowest BCUT2D eigenvalue weighted by Crippen LogP contribution is -2.24. The van der Waals surface area contributed by atoms with Gasteiger partial charge in [0.05, 0.1) is 0 Å². The molecule has 2 rings (SSSR count). The summed E-state index contributed by atoms with van der Waals surface area (Å²) in [5, 5.41) is 18.9. The van der Waals surface area contributed by atoms with Gasteiger partial charge >= 0.3 is 11.9 Å². The number of carbonyl (C=O) groups is 2. The van der Waals surface area contributed by atoms with Gasteiger partial charge in [-0.3, -0.25) is 4.79 Å². The molecule has 0 radical (unpaired) electrons. The minimum Gasteiger partial charge on any atom is -0.489 e. The lowest BCUT2D eigenvalue weighted by molar-refractivity contribution is 0.0695. The molecule has 0 aliphatic rings. The Balaban J connectivity index is 2.84. The average molecular weight is 370 g/mol. The van der Waals surface area contributed by atoms with E-state index in [1.54, 1.807) is 24.3 Å². The molecule has 0 amide bonds. The number of rotatable bonds is 8. The van der Waals surface area contributed by atoms with Crippen LogP contribution in [0.3, 0.4) is 0 Å². The summed E-state index contributed by atoms with van der Waals surface area (Å²) in [6.45, 7) is 7.48. The van der Waals surface area contributed by atoms with E-state index in [4.69, 9.17) is 10.5 Å². The Morgan fingerprint density at radius 3 is 2.37 bits per heavy atom. The topological polar surface area (TPSA) is 143 Å². The average Bonchev–Trinajstić information content (AvgIpc) is 2.59. The standard InChI is InChI=1S/C19H18N2O6/c1-3-5-10-9-11(6-7-12(10)27-8-4-2)13-14(18(23)24)16(20)21-17(22)15(13)19(25)26/h3-4,6-7,9H,1-2,5,8H2,(H,23,24)(H,25,26)(H3,20,21,22). The molecule has 8 heteroatoms. The number of allylic oxidation sites excluding steroid dienone is 1. The molecule has 0 saturated carbocycles. The molecule has 0 aliphatic heterocycles. The Labute approximate surface area is 154 Å². The van der Waals surface area contributed by atoms with Crippen LogP contribution in [0.25, 0.3) is 11.1 Å². The number of aromatic amines is 1. The Hall–Kier alpha value is -3.81. The highest BCUT2D eigenvalue weighted by Gasteiger charge is 2.26. The van der Waals surface area contributed by atoms with Crippen molar-refractivity contribution in [3.05, 3.63) is 70.6 Å². The molecule has 5 N–H and O–H groups in total. The first kappa shape index (κ1) is 19.5. The van der Waals surface area contributed by atoms with E-state index in [1.165, 1.54) is 6.07 Å². The van der Waals surface area contributed by atoms with Crippen LogP contribution in [0.2, 0.25) is 0 Å². The van der Waals surface area contributed by atoms with Crippen molar-refractivity contribution in [2.45, 2.75) is 6.42 Å². The molecule has 0 unspecified atom stereocenters. The van der Waals surface area contributed by atoms with E-state index in [-0.39, 0.29) is 17.7 Å². The molecule has 1 heterocycles. The Kier molecular flexibility index (Phi) is 5.82. The molecule has 8 nitrogen and oxygen atoms in total. The summed E-state index contributed by atoms with van der Waals surface area (Å²) >= 11 is 0. The first-order chi connectivity index (χ1) is 12.8. The highest BCUT2D eigenvalue weighted by Crippen LogP contribution is 2.33. The van der Waals surface area contributed by atoms with Crippen LogP contribution in [0.5, 0.6) is 5.75 Å². The largest absolute Gasteiger partial charge is 0.489 e. The van der Waals surface area contributed by atoms with Crippen LogP contribution in [-0.4, -0.2) is 33.7 Å². The van der Waals surface area contributed by atoms with E-state index < -0.39 is 34.4 Å². The molecular weight excluding hydrogens is 352 g/mol. The van der Waals surface area contributed by atoms with Crippen LogP contribution in [0.15, 0.2) is 48.3 Å². The van der Waals surface area contributed by atoms with Gasteiger partial charge in [-0.1, -0.05) is 24.8 Å². The van der Waals surface area contributed by atoms with Crippen LogP contribution in [0.4, 0.5) is 5.82 Å². The second kappa shape index (κ2) is 8.05. The molecule has 0 atom stereocenters. The summed E-state index contributed by atoms with van der Waals surface area (Å²) in [5.74, 6) is -2.95. The molecule has 27 heavy (non-hydrogen) atoms. The van der Waals surface area contributed by atoms with Crippen molar-refractivity contribution in [3.63, 3.8) is 0 Å². The zero-order valence-corrected chi connectivity index (χ0v) is 14.3. The number of aromatic carboxylic acids is 2. The predicted octanol–water partition coefficient (Wildman–Crippen LogP) is 2.31. The number of nitrogens with two attached hydrogens (primary N) is 1. The highest BCUT2D eigenvalue weighted by atomic mass is 16.5. The third kappa shape index (κ3) is 3.90. The van der Waals surface area contributed by atoms with Crippen molar-refractivity contribution in [3.8, 4) is 16.9 Å². The quantitative estimate of drug-likeness (QED) is 0.522. The number of pyridine rings is 1. The number of carboxylic acids is 2. The number of aromatic nitrogens is 1. The second-order valence-corrected chi connectivity index (χ2v) is 5.52. The first-order valence-electron chi connectivity index (χ1n) is 7.82. The molecule has 0 spiro atoms. The Morgan fingerprint density at radius 1 is 1.15 bits per heavy atom. The van der Waals surface area contributed by atoms with Crippen LogP contribution in [-0.2, 0) is 6.42 Å². The molecule has 0 aliphatic carbocycles. The lowest BCUT2D eigenvalue weighted by atomic mass is 9.93. The summed E-state index contributed by atoms with van der Waals surface area (Å²) in [7, 11) is 0. The predicted molar refractivity (Wildman–Crippen MR) is 100 cm³/mol. The van der Waals surface area contributed by atoms with Crippen molar-refractivity contribution in [2.75, 3.05) is 12.3 Å². The van der Waals surface area contributed by atoms with Crippen LogP contribution >= 0.6 is 0 Å². The maximum absolute atomic E-state index is 12.1. The van der Waals surface area contributed by atoms with E-state index >= 15 is 0 Å². The number of nitrogen functional groups attached to an aromatic ring is 1. The van der Waals surface area contributed by atoms with Gasteiger partial charge in [0.25, 0.3) is 5.56 Å². The van der Waals surface area contributed by atoms with Crippen molar-refractivity contribution >= 4 is 17.8 Å². The number of ether oxygens (including phenoxy) is 1. The number of carboxylic acid groups (broad SMARTS) is 2. The fourth-order valence-electron chi connectivity index (χ4n) is 2.67. The highest BCUT2D eigenvalue weighted by molar-refractivity contribution is 6.07. The normalized spacial score (nSPS) is 10.2. The van der Waals surface area contributed by atoms with Gasteiger partial charge in [0.2, 0.25) is 0 Å². The summed E-state index contributed by atoms with van der Waals surface area (Å²) < 4.78 is 5.54. The van der Waals surface area contributed by atoms with E-state index in [0.717, 1.165) is 0 Å². The maximum atomic E-state index is 12.1. The molecule has 0 fully saturated rings. The number of nitrogens with one attached hydrogen (secondary N) is 1.